The van der Waals surface area contributed by atoms with Gasteiger partial charge in [-0.05, 0) is 12.8 Å². The third-order valence-corrected chi connectivity index (χ3v) is 5.06. The quantitative estimate of drug-likeness (QED) is 0.744. The molecule has 1 saturated heterocycles. The molecule has 1 N–H and O–H groups in total. The molecule has 7 nitrogen and oxygen atoms in total. The lowest BCUT2D eigenvalue weighted by Crippen LogP contribution is -2.52. The fourth-order valence-corrected chi connectivity index (χ4v) is 3.36. The van der Waals surface area contributed by atoms with E-state index < -0.39 is 26.3 Å². The van der Waals surface area contributed by atoms with Gasteiger partial charge in [-0.1, -0.05) is 11.6 Å². The van der Waals surface area contributed by atoms with E-state index in [1.54, 1.807) is 0 Å². The summed E-state index contributed by atoms with van der Waals surface area (Å²) >= 11 is 6.35. The lowest BCUT2D eigenvalue weighted by atomic mass is 10.1. The molecule has 0 unspecified atom stereocenters. The van der Waals surface area contributed by atoms with Crippen LogP contribution in [0.25, 0.3) is 0 Å². The van der Waals surface area contributed by atoms with Gasteiger partial charge in [0.15, 0.2) is 0 Å². The first-order valence-electron chi connectivity index (χ1n) is 5.69. The number of piperidine rings is 1. The van der Waals surface area contributed by atoms with Crippen LogP contribution >= 0.6 is 11.6 Å². The molecule has 0 amide bonds. The molecule has 0 saturated carbocycles. The van der Waals surface area contributed by atoms with Gasteiger partial charge in [0.05, 0.1) is 6.26 Å². The number of nitrogens with zero attached hydrogens (tertiary/aromatic N) is 2. The molecule has 0 spiro atoms. The zero-order valence-electron chi connectivity index (χ0n) is 10.3. The number of H-pyrrole nitrogens is 1. The average Bonchev–Trinajstić information content (AvgIpc) is 2.27. The van der Waals surface area contributed by atoms with E-state index in [0.29, 0.717) is 0 Å². The molecule has 106 valence electrons. The molecule has 0 aliphatic carbocycles. The van der Waals surface area contributed by atoms with Crippen LogP contribution in [0.4, 0.5) is 0 Å². The summed E-state index contributed by atoms with van der Waals surface area (Å²) in [7, 11) is -3.28. The molecular weight excluding hydrogens is 294 g/mol. The molecule has 0 bridgehead atoms. The van der Waals surface area contributed by atoms with Gasteiger partial charge in [-0.25, -0.2) is 22.1 Å². The maximum atomic E-state index is 11.7. The predicted molar refractivity (Wildman–Crippen MR) is 70.8 cm³/mol. The van der Waals surface area contributed by atoms with Crippen LogP contribution in [-0.2, 0) is 15.0 Å². The monoisotopic (exact) mass is 307 g/mol. The molecule has 1 aliphatic rings. The largest absolute Gasteiger partial charge is 0.329 e. The molecule has 0 aromatic carbocycles. The Balaban J connectivity index is 2.33. The molecule has 19 heavy (non-hydrogen) atoms. The van der Waals surface area contributed by atoms with Gasteiger partial charge in [0.25, 0.3) is 5.56 Å². The summed E-state index contributed by atoms with van der Waals surface area (Å²) in [4.78, 5) is 24.7. The number of hydrogen-bond donors (Lipinski definition) is 1. The smallest absolute Gasteiger partial charge is 0.314 e. The van der Waals surface area contributed by atoms with Crippen molar-refractivity contribution in [1.29, 1.82) is 0 Å². The van der Waals surface area contributed by atoms with Crippen molar-refractivity contribution >= 4 is 21.6 Å². The molecule has 0 radical (unpaired) electrons. The molecule has 2 heterocycles. The molecule has 0 atom stereocenters. The Morgan fingerprint density at radius 3 is 2.37 bits per heavy atom. The summed E-state index contributed by atoms with van der Waals surface area (Å²) in [5, 5.41) is 0. The first-order valence-corrected chi connectivity index (χ1v) is 7.92. The summed E-state index contributed by atoms with van der Waals surface area (Å²) in [5.74, 6) is 0. The van der Waals surface area contributed by atoms with E-state index in [1.807, 2.05) is 0 Å². The van der Waals surface area contributed by atoms with Crippen LogP contribution in [0.2, 0.25) is 0 Å². The van der Waals surface area contributed by atoms with Gasteiger partial charge in [0.1, 0.15) is 5.00 Å². The highest BCUT2D eigenvalue weighted by atomic mass is 35.5. The average molecular weight is 308 g/mol. The van der Waals surface area contributed by atoms with E-state index in [9.17, 15) is 18.0 Å². The molecule has 2 rings (SSSR count). The number of aromatic amines is 1. The summed E-state index contributed by atoms with van der Waals surface area (Å²) in [6.45, 7) is 0.367. The SMILES string of the molecule is CS(=O)(=O)N1CCC(Cl)(n2c(=O)cc[nH]c2=O)CC1. The second-order valence-electron chi connectivity index (χ2n) is 4.54. The Morgan fingerprint density at radius 1 is 1.32 bits per heavy atom. The summed E-state index contributed by atoms with van der Waals surface area (Å²) in [5.41, 5.74) is -1.08. The van der Waals surface area contributed by atoms with E-state index in [4.69, 9.17) is 11.6 Å². The highest BCUT2D eigenvalue weighted by molar-refractivity contribution is 7.88. The number of halogens is 1. The molecular formula is C10H14ClN3O4S. The van der Waals surface area contributed by atoms with Crippen molar-refractivity contribution in [2.24, 2.45) is 0 Å². The van der Waals surface area contributed by atoms with Crippen molar-refractivity contribution in [2.45, 2.75) is 17.8 Å². The van der Waals surface area contributed by atoms with Crippen LogP contribution in [0.5, 0.6) is 0 Å². The Kier molecular flexibility index (Phi) is 3.59. The second kappa shape index (κ2) is 4.77. The van der Waals surface area contributed by atoms with E-state index in [-0.39, 0.29) is 25.9 Å². The lowest BCUT2D eigenvalue weighted by Gasteiger charge is -2.36. The first-order chi connectivity index (χ1) is 8.74. The van der Waals surface area contributed by atoms with Crippen molar-refractivity contribution < 1.29 is 8.42 Å². The Hall–Kier alpha value is -1.12. The molecule has 1 aromatic heterocycles. The predicted octanol–water partition coefficient (Wildman–Crippen LogP) is -0.516. The molecule has 1 aliphatic heterocycles. The van der Waals surface area contributed by atoms with Crippen molar-refractivity contribution in [3.63, 3.8) is 0 Å². The number of nitrogens with one attached hydrogen (secondary N) is 1. The maximum Gasteiger partial charge on any atom is 0.329 e. The van der Waals surface area contributed by atoms with Crippen LogP contribution in [0.15, 0.2) is 21.9 Å². The van der Waals surface area contributed by atoms with Gasteiger partial charge in [-0.3, -0.25) is 4.79 Å². The minimum Gasteiger partial charge on any atom is -0.314 e. The van der Waals surface area contributed by atoms with Crippen molar-refractivity contribution in [3.8, 4) is 0 Å². The van der Waals surface area contributed by atoms with Gasteiger partial charge in [0, 0.05) is 25.4 Å². The summed E-state index contributed by atoms with van der Waals surface area (Å²) in [6, 6.07) is 1.22. The first kappa shape index (κ1) is 14.3. The van der Waals surface area contributed by atoms with Crippen molar-refractivity contribution in [2.75, 3.05) is 19.3 Å². The lowest BCUT2D eigenvalue weighted by molar-refractivity contribution is 0.231. The Bertz CT molecular complexity index is 657. The Labute approximate surface area is 114 Å². The fourth-order valence-electron chi connectivity index (χ4n) is 2.19. The van der Waals surface area contributed by atoms with Crippen LogP contribution in [0.3, 0.4) is 0 Å². The fraction of sp³-hybridized carbons (Fsp3) is 0.600. The van der Waals surface area contributed by atoms with Gasteiger partial charge in [-0.2, -0.15) is 0 Å². The minimum absolute atomic E-state index is 0.184. The topological polar surface area (TPSA) is 92.2 Å². The van der Waals surface area contributed by atoms with E-state index >= 15 is 0 Å². The Morgan fingerprint density at radius 2 is 1.89 bits per heavy atom. The van der Waals surface area contributed by atoms with Gasteiger partial charge < -0.3 is 4.98 Å². The third kappa shape index (κ3) is 2.75. The number of alkyl halides is 1. The van der Waals surface area contributed by atoms with Crippen LogP contribution in [0, 0.1) is 0 Å². The third-order valence-electron chi connectivity index (χ3n) is 3.21. The normalized spacial score (nSPS) is 20.3. The number of sulfonamides is 1. The highest BCUT2D eigenvalue weighted by Crippen LogP contribution is 2.32. The summed E-state index contributed by atoms with van der Waals surface area (Å²) in [6.07, 6.45) is 2.78. The van der Waals surface area contributed by atoms with Crippen molar-refractivity contribution in [3.05, 3.63) is 33.1 Å². The van der Waals surface area contributed by atoms with Crippen molar-refractivity contribution in [1.82, 2.24) is 13.9 Å². The molecule has 1 aromatic rings. The molecule has 9 heteroatoms. The number of hydrogen-bond acceptors (Lipinski definition) is 4. The zero-order chi connectivity index (χ0) is 14.3. The standard InChI is InChI=1S/C10H14ClN3O4S/c1-19(17,18)13-6-3-10(11,4-7-13)14-8(15)2-5-12-9(14)16/h2,5H,3-4,6-7H2,1H3,(H,12,16). The summed E-state index contributed by atoms with van der Waals surface area (Å²) < 4.78 is 25.1. The minimum atomic E-state index is -3.28. The van der Waals surface area contributed by atoms with E-state index in [0.717, 1.165) is 10.8 Å². The van der Waals surface area contributed by atoms with E-state index in [2.05, 4.69) is 4.98 Å². The second-order valence-corrected chi connectivity index (χ2v) is 7.22. The van der Waals surface area contributed by atoms with Crippen LogP contribution in [-0.4, -0.2) is 41.6 Å². The van der Waals surface area contributed by atoms with Gasteiger partial charge in [-0.15, -0.1) is 0 Å². The van der Waals surface area contributed by atoms with Crippen LogP contribution in [0.1, 0.15) is 12.8 Å². The maximum absolute atomic E-state index is 11.7. The number of rotatable bonds is 2. The van der Waals surface area contributed by atoms with Gasteiger partial charge >= 0.3 is 5.69 Å². The molecule has 1 fully saturated rings. The zero-order valence-corrected chi connectivity index (χ0v) is 11.9. The van der Waals surface area contributed by atoms with Crippen LogP contribution < -0.4 is 11.2 Å². The highest BCUT2D eigenvalue weighted by Gasteiger charge is 2.38. The number of aromatic nitrogens is 2. The van der Waals surface area contributed by atoms with Gasteiger partial charge in [0.2, 0.25) is 10.0 Å². The van der Waals surface area contributed by atoms with E-state index in [1.165, 1.54) is 16.6 Å².